The number of anilines is 1. The molecule has 1 saturated heterocycles. The first kappa shape index (κ1) is 19.4. The van der Waals surface area contributed by atoms with Crippen molar-refractivity contribution in [2.45, 2.75) is 64.8 Å². The van der Waals surface area contributed by atoms with Gasteiger partial charge in [-0.15, -0.1) is 0 Å². The number of nitrogens with zero attached hydrogens (tertiary/aromatic N) is 2. The summed E-state index contributed by atoms with van der Waals surface area (Å²) < 4.78 is 18.5. The van der Waals surface area contributed by atoms with Crippen LogP contribution in [0, 0.1) is 0 Å². The molecule has 1 aromatic heterocycles. The Hall–Kier alpha value is -1.97. The van der Waals surface area contributed by atoms with Crippen LogP contribution in [0.15, 0.2) is 11.0 Å². The van der Waals surface area contributed by atoms with Crippen LogP contribution in [0.5, 0.6) is 0 Å². The van der Waals surface area contributed by atoms with Gasteiger partial charge in [-0.2, -0.15) is 4.98 Å². The quantitative estimate of drug-likeness (QED) is 0.743. The van der Waals surface area contributed by atoms with Crippen molar-refractivity contribution in [1.82, 2.24) is 9.55 Å². The van der Waals surface area contributed by atoms with E-state index in [0.717, 1.165) is 10.8 Å². The second-order valence-electron chi connectivity index (χ2n) is 6.51. The Kier molecular flexibility index (Phi) is 6.15. The normalized spacial score (nSPS) is 23.5. The van der Waals surface area contributed by atoms with Crippen LogP contribution in [-0.4, -0.2) is 51.6 Å². The molecule has 0 aromatic carbocycles. The number of ether oxygens (including phenoxy) is 3. The summed E-state index contributed by atoms with van der Waals surface area (Å²) in [6.45, 7) is 7.96. The van der Waals surface area contributed by atoms with Crippen LogP contribution in [0.4, 0.5) is 5.82 Å². The van der Waals surface area contributed by atoms with Crippen LogP contribution in [0.3, 0.4) is 0 Å². The predicted octanol–water partition coefficient (Wildman–Crippen LogP) is 1.03. The Morgan fingerprint density at radius 1 is 1.44 bits per heavy atom. The smallest absolute Gasteiger partial charge is 0.351 e. The molecule has 0 aliphatic carbocycles. The van der Waals surface area contributed by atoms with Crippen molar-refractivity contribution >= 4 is 11.8 Å². The highest BCUT2D eigenvalue weighted by Gasteiger charge is 2.38. The van der Waals surface area contributed by atoms with Crippen molar-refractivity contribution in [3.8, 4) is 0 Å². The average Bonchev–Trinajstić information content (AvgIpc) is 2.86. The summed E-state index contributed by atoms with van der Waals surface area (Å²) in [7, 11) is 0. The van der Waals surface area contributed by atoms with E-state index in [2.05, 4.69) is 4.98 Å². The predicted molar refractivity (Wildman–Crippen MR) is 89.5 cm³/mol. The maximum absolute atomic E-state index is 12.1. The number of hydrogen-bond acceptors (Lipinski definition) is 7. The maximum atomic E-state index is 12.1. The molecule has 0 bridgehead atoms. The van der Waals surface area contributed by atoms with E-state index >= 15 is 0 Å². The van der Waals surface area contributed by atoms with Crippen molar-refractivity contribution in [3.63, 3.8) is 0 Å². The van der Waals surface area contributed by atoms with E-state index in [1.807, 2.05) is 27.7 Å². The lowest BCUT2D eigenvalue weighted by Gasteiger charge is -2.21. The molecule has 1 fully saturated rings. The van der Waals surface area contributed by atoms with Crippen LogP contribution in [-0.2, 0) is 14.2 Å². The standard InChI is InChI=1S/C16H25N3O6/c1-8(2)23-7-12-11(24-9(3)4)5-13(25-12)19-6-10(15(20)21)14(17)18-16(19)22/h6,8-9,11-13H,5,7H2,1-4H3,(H,20,21)(H2,17,18,22)/t11?,12-,13-/m1/s1. The second kappa shape index (κ2) is 7.94. The van der Waals surface area contributed by atoms with Crippen LogP contribution < -0.4 is 11.4 Å². The van der Waals surface area contributed by atoms with E-state index in [9.17, 15) is 14.7 Å². The molecule has 0 saturated carbocycles. The highest BCUT2D eigenvalue weighted by molar-refractivity contribution is 5.92. The van der Waals surface area contributed by atoms with E-state index in [-0.39, 0.29) is 35.8 Å². The number of aromatic carboxylic acids is 1. The van der Waals surface area contributed by atoms with Crippen molar-refractivity contribution in [2.24, 2.45) is 0 Å². The Morgan fingerprint density at radius 2 is 2.12 bits per heavy atom. The lowest BCUT2D eigenvalue weighted by atomic mass is 10.1. The lowest BCUT2D eigenvalue weighted by molar-refractivity contribution is -0.0963. The fourth-order valence-electron chi connectivity index (χ4n) is 2.65. The number of aromatic nitrogens is 2. The summed E-state index contributed by atoms with van der Waals surface area (Å²) in [6, 6.07) is 0. The third kappa shape index (κ3) is 4.77. The number of hydrogen-bond donors (Lipinski definition) is 2. The van der Waals surface area contributed by atoms with E-state index in [1.165, 1.54) is 0 Å². The van der Waals surface area contributed by atoms with Crippen LogP contribution in [0.25, 0.3) is 0 Å². The molecule has 1 aliphatic rings. The Morgan fingerprint density at radius 3 is 2.68 bits per heavy atom. The summed E-state index contributed by atoms with van der Waals surface area (Å²) in [5.41, 5.74) is 4.59. The minimum Gasteiger partial charge on any atom is -0.478 e. The second-order valence-corrected chi connectivity index (χ2v) is 6.51. The van der Waals surface area contributed by atoms with Gasteiger partial charge < -0.3 is 25.1 Å². The molecule has 140 valence electrons. The minimum atomic E-state index is -1.26. The van der Waals surface area contributed by atoms with E-state index in [1.54, 1.807) is 0 Å². The summed E-state index contributed by atoms with van der Waals surface area (Å²) in [6.07, 6.45) is 0.217. The Bertz CT molecular complexity index is 672. The molecule has 3 N–H and O–H groups in total. The summed E-state index contributed by atoms with van der Waals surface area (Å²) in [5, 5.41) is 9.17. The zero-order chi connectivity index (χ0) is 18.7. The van der Waals surface area contributed by atoms with Crippen LogP contribution in [0.2, 0.25) is 0 Å². The van der Waals surface area contributed by atoms with E-state index < -0.39 is 17.9 Å². The van der Waals surface area contributed by atoms with Gasteiger partial charge in [0.1, 0.15) is 23.7 Å². The third-order valence-electron chi connectivity index (χ3n) is 3.74. The van der Waals surface area contributed by atoms with Crippen molar-refractivity contribution < 1.29 is 24.1 Å². The summed E-state index contributed by atoms with van der Waals surface area (Å²) in [4.78, 5) is 26.9. The molecular weight excluding hydrogens is 330 g/mol. The molecule has 2 heterocycles. The number of rotatable bonds is 7. The van der Waals surface area contributed by atoms with E-state index in [0.29, 0.717) is 13.0 Å². The first-order valence-corrected chi connectivity index (χ1v) is 8.23. The first-order chi connectivity index (χ1) is 11.7. The first-order valence-electron chi connectivity index (χ1n) is 8.23. The van der Waals surface area contributed by atoms with Gasteiger partial charge in [0, 0.05) is 12.6 Å². The molecule has 1 aliphatic heterocycles. The molecule has 0 spiro atoms. The molecule has 9 nitrogen and oxygen atoms in total. The third-order valence-corrected chi connectivity index (χ3v) is 3.74. The highest BCUT2D eigenvalue weighted by Crippen LogP contribution is 2.31. The Labute approximate surface area is 145 Å². The van der Waals surface area contributed by atoms with Crippen molar-refractivity contribution in [1.29, 1.82) is 0 Å². The highest BCUT2D eigenvalue weighted by atomic mass is 16.6. The molecule has 9 heteroatoms. The van der Waals surface area contributed by atoms with Gasteiger partial charge in [-0.1, -0.05) is 0 Å². The van der Waals surface area contributed by atoms with Gasteiger partial charge >= 0.3 is 11.7 Å². The zero-order valence-electron chi connectivity index (χ0n) is 14.8. The van der Waals surface area contributed by atoms with Gasteiger partial charge in [-0.05, 0) is 27.7 Å². The minimum absolute atomic E-state index is 0.0234. The van der Waals surface area contributed by atoms with Gasteiger partial charge in [0.25, 0.3) is 0 Å². The van der Waals surface area contributed by atoms with Gasteiger partial charge in [-0.25, -0.2) is 9.59 Å². The summed E-state index contributed by atoms with van der Waals surface area (Å²) in [5.74, 6) is -1.58. The van der Waals surface area contributed by atoms with Crippen molar-refractivity contribution in [2.75, 3.05) is 12.3 Å². The van der Waals surface area contributed by atoms with Crippen LogP contribution in [0.1, 0.15) is 50.7 Å². The Balaban J connectivity index is 2.26. The van der Waals surface area contributed by atoms with Gasteiger partial charge in [0.2, 0.25) is 0 Å². The van der Waals surface area contributed by atoms with Gasteiger partial charge in [0.15, 0.2) is 0 Å². The molecule has 3 atom stereocenters. The zero-order valence-corrected chi connectivity index (χ0v) is 14.8. The monoisotopic (exact) mass is 355 g/mol. The molecule has 25 heavy (non-hydrogen) atoms. The van der Waals surface area contributed by atoms with Gasteiger partial charge in [-0.3, -0.25) is 4.57 Å². The number of nitrogens with two attached hydrogens (primary N) is 1. The average molecular weight is 355 g/mol. The molecule has 0 amide bonds. The number of carboxylic acids is 1. The molecule has 2 rings (SSSR count). The maximum Gasteiger partial charge on any atom is 0.351 e. The molecule has 0 radical (unpaired) electrons. The van der Waals surface area contributed by atoms with E-state index in [4.69, 9.17) is 19.9 Å². The van der Waals surface area contributed by atoms with Crippen molar-refractivity contribution in [3.05, 3.63) is 22.2 Å². The number of carboxylic acid groups (broad SMARTS) is 1. The SMILES string of the molecule is CC(C)OC[C@H]1O[C@@H](n2cc(C(=O)O)c(N)nc2=O)CC1OC(C)C. The topological polar surface area (TPSA) is 126 Å². The summed E-state index contributed by atoms with van der Waals surface area (Å²) >= 11 is 0. The number of nitrogen functional groups attached to an aromatic ring is 1. The fourth-order valence-corrected chi connectivity index (χ4v) is 2.65. The largest absolute Gasteiger partial charge is 0.478 e. The lowest BCUT2D eigenvalue weighted by Crippen LogP contribution is -2.32. The molecule has 1 aromatic rings. The molecule has 1 unspecified atom stereocenters. The number of carbonyl (C=O) groups is 1. The fraction of sp³-hybridized carbons (Fsp3) is 0.688. The van der Waals surface area contributed by atoms with Crippen LogP contribution >= 0.6 is 0 Å². The van der Waals surface area contributed by atoms with Gasteiger partial charge in [0.05, 0.1) is 24.9 Å². The molecular formula is C16H25N3O6.